The Kier molecular flexibility index (Phi) is 8.89. The summed E-state index contributed by atoms with van der Waals surface area (Å²) in [6.07, 6.45) is 0.142. The Hall–Kier alpha value is -4.27. The number of ether oxygens (including phenoxy) is 2. The van der Waals surface area contributed by atoms with Crippen molar-refractivity contribution in [1.82, 2.24) is 4.90 Å². The number of benzene rings is 3. The largest absolute Gasteiger partial charge is 0.452 e. The molecule has 0 heterocycles. The summed E-state index contributed by atoms with van der Waals surface area (Å²) in [5.74, 6) is -1.49. The van der Waals surface area contributed by atoms with Gasteiger partial charge in [0.05, 0.1) is 17.7 Å². The Morgan fingerprint density at radius 3 is 2.23 bits per heavy atom. The van der Waals surface area contributed by atoms with E-state index >= 15 is 0 Å². The quantitative estimate of drug-likeness (QED) is 0.436. The summed E-state index contributed by atoms with van der Waals surface area (Å²) in [6, 6.07) is 21.4. The lowest BCUT2D eigenvalue weighted by Gasteiger charge is -2.18. The maximum atomic E-state index is 12.6. The number of rotatable bonds is 10. The summed E-state index contributed by atoms with van der Waals surface area (Å²) in [4.78, 5) is 38.7. The van der Waals surface area contributed by atoms with Crippen LogP contribution in [0.4, 0.5) is 14.5 Å². The fourth-order valence-corrected chi connectivity index (χ4v) is 3.20. The van der Waals surface area contributed by atoms with Gasteiger partial charge in [-0.1, -0.05) is 54.6 Å². The third kappa shape index (κ3) is 7.92. The number of para-hydroxylation sites is 1. The molecule has 0 aromatic heterocycles. The van der Waals surface area contributed by atoms with Gasteiger partial charge in [-0.25, -0.2) is 4.79 Å². The predicted molar refractivity (Wildman–Crippen MR) is 125 cm³/mol. The molecule has 35 heavy (non-hydrogen) atoms. The molecule has 0 radical (unpaired) electrons. The lowest BCUT2D eigenvalue weighted by Crippen LogP contribution is -2.31. The molecule has 0 bridgehead atoms. The second kappa shape index (κ2) is 12.3. The zero-order valence-corrected chi connectivity index (χ0v) is 18.9. The minimum absolute atomic E-state index is 0.0150. The molecule has 9 heteroatoms. The second-order valence-electron chi connectivity index (χ2n) is 7.60. The molecular formula is C26H24F2N2O5. The highest BCUT2D eigenvalue weighted by Crippen LogP contribution is 2.18. The second-order valence-corrected chi connectivity index (χ2v) is 7.60. The molecule has 0 saturated heterocycles. The number of likely N-dealkylation sites (N-methyl/N-ethyl adjacent to an activating group) is 1. The number of nitrogens with one attached hydrogen (secondary N) is 1. The Balaban J connectivity index is 1.53. The lowest BCUT2D eigenvalue weighted by atomic mass is 10.1. The van der Waals surface area contributed by atoms with Crippen LogP contribution in [0.3, 0.4) is 0 Å². The highest BCUT2D eigenvalue weighted by molar-refractivity contribution is 6.02. The first-order valence-corrected chi connectivity index (χ1v) is 10.7. The average molecular weight is 482 g/mol. The highest BCUT2D eigenvalue weighted by atomic mass is 19.3. The van der Waals surface area contributed by atoms with Crippen LogP contribution >= 0.6 is 0 Å². The van der Waals surface area contributed by atoms with Crippen LogP contribution in [0.1, 0.15) is 21.5 Å². The van der Waals surface area contributed by atoms with E-state index < -0.39 is 25.1 Å². The standard InChI is InChI=1S/C26H24F2N2O5/c1-30(16-19-11-13-20(14-12-19)35-26(27)28)24(32)17-34-25(33)21-9-5-6-10-22(21)29-23(31)15-18-7-3-2-4-8-18/h2-14,26H,15-17H2,1H3,(H,29,31). The molecule has 3 aromatic carbocycles. The van der Waals surface area contributed by atoms with E-state index in [2.05, 4.69) is 10.1 Å². The van der Waals surface area contributed by atoms with E-state index in [1.165, 1.54) is 30.1 Å². The molecule has 0 aliphatic heterocycles. The number of halogens is 2. The summed E-state index contributed by atoms with van der Waals surface area (Å²) in [6.45, 7) is -3.24. The molecular weight excluding hydrogens is 458 g/mol. The zero-order valence-electron chi connectivity index (χ0n) is 18.9. The monoisotopic (exact) mass is 482 g/mol. The number of anilines is 1. The van der Waals surface area contributed by atoms with Gasteiger partial charge >= 0.3 is 12.6 Å². The van der Waals surface area contributed by atoms with Crippen molar-refractivity contribution in [2.75, 3.05) is 19.0 Å². The summed E-state index contributed by atoms with van der Waals surface area (Å²) >= 11 is 0. The smallest absolute Gasteiger partial charge is 0.387 e. The number of hydrogen-bond donors (Lipinski definition) is 1. The SMILES string of the molecule is CN(Cc1ccc(OC(F)F)cc1)C(=O)COC(=O)c1ccccc1NC(=O)Cc1ccccc1. The first-order chi connectivity index (χ1) is 16.8. The maximum absolute atomic E-state index is 12.6. The van der Waals surface area contributed by atoms with Crippen LogP contribution in [-0.4, -0.2) is 42.9 Å². The molecule has 0 atom stereocenters. The molecule has 7 nitrogen and oxygen atoms in total. The summed E-state index contributed by atoms with van der Waals surface area (Å²) in [7, 11) is 1.53. The van der Waals surface area contributed by atoms with Gasteiger partial charge in [-0.05, 0) is 35.4 Å². The number of carbonyl (C=O) groups excluding carboxylic acids is 3. The van der Waals surface area contributed by atoms with Crippen molar-refractivity contribution in [2.24, 2.45) is 0 Å². The molecule has 0 spiro atoms. The average Bonchev–Trinajstić information content (AvgIpc) is 2.84. The third-order valence-electron chi connectivity index (χ3n) is 4.95. The first kappa shape index (κ1) is 25.4. The van der Waals surface area contributed by atoms with E-state index in [0.29, 0.717) is 5.56 Å². The molecule has 1 N–H and O–H groups in total. The molecule has 3 aromatic rings. The fraction of sp³-hybridized carbons (Fsp3) is 0.192. The predicted octanol–water partition coefficient (Wildman–Crippen LogP) is 4.28. The van der Waals surface area contributed by atoms with E-state index in [1.807, 2.05) is 30.3 Å². The Bertz CT molecular complexity index is 1150. The van der Waals surface area contributed by atoms with Crippen molar-refractivity contribution in [1.29, 1.82) is 0 Å². The minimum Gasteiger partial charge on any atom is -0.452 e. The lowest BCUT2D eigenvalue weighted by molar-refractivity contribution is -0.133. The number of amides is 2. The zero-order chi connectivity index (χ0) is 25.2. The van der Waals surface area contributed by atoms with Crippen LogP contribution in [0.25, 0.3) is 0 Å². The van der Waals surface area contributed by atoms with E-state index in [0.717, 1.165) is 5.56 Å². The van der Waals surface area contributed by atoms with Gasteiger partial charge in [0.15, 0.2) is 6.61 Å². The van der Waals surface area contributed by atoms with E-state index in [4.69, 9.17) is 4.74 Å². The van der Waals surface area contributed by atoms with Crippen molar-refractivity contribution in [2.45, 2.75) is 19.6 Å². The number of alkyl halides is 2. The van der Waals surface area contributed by atoms with Gasteiger partial charge in [0.25, 0.3) is 5.91 Å². The number of hydrogen-bond acceptors (Lipinski definition) is 5. The van der Waals surface area contributed by atoms with Gasteiger partial charge in [-0.2, -0.15) is 8.78 Å². The first-order valence-electron chi connectivity index (χ1n) is 10.7. The Morgan fingerprint density at radius 1 is 0.886 bits per heavy atom. The van der Waals surface area contributed by atoms with E-state index in [9.17, 15) is 23.2 Å². The summed E-state index contributed by atoms with van der Waals surface area (Å²) in [5.41, 5.74) is 1.92. The summed E-state index contributed by atoms with van der Waals surface area (Å²) < 4.78 is 34.0. The van der Waals surface area contributed by atoms with E-state index in [-0.39, 0.29) is 35.9 Å². The minimum atomic E-state index is -2.91. The maximum Gasteiger partial charge on any atom is 0.387 e. The number of esters is 1. The highest BCUT2D eigenvalue weighted by Gasteiger charge is 2.18. The van der Waals surface area contributed by atoms with Crippen LogP contribution in [0.5, 0.6) is 5.75 Å². The molecule has 2 amide bonds. The van der Waals surface area contributed by atoms with Crippen LogP contribution in [0.15, 0.2) is 78.9 Å². The fourth-order valence-electron chi connectivity index (χ4n) is 3.20. The number of nitrogens with zero attached hydrogens (tertiary/aromatic N) is 1. The molecule has 0 unspecified atom stereocenters. The third-order valence-corrected chi connectivity index (χ3v) is 4.95. The van der Waals surface area contributed by atoms with Gasteiger partial charge in [0.2, 0.25) is 5.91 Å². The van der Waals surface area contributed by atoms with Crippen LogP contribution in [0.2, 0.25) is 0 Å². The van der Waals surface area contributed by atoms with Crippen LogP contribution < -0.4 is 10.1 Å². The van der Waals surface area contributed by atoms with Gasteiger partial charge in [-0.3, -0.25) is 9.59 Å². The molecule has 3 rings (SSSR count). The van der Waals surface area contributed by atoms with Crippen molar-refractivity contribution >= 4 is 23.5 Å². The van der Waals surface area contributed by atoms with Gasteiger partial charge in [0, 0.05) is 13.6 Å². The van der Waals surface area contributed by atoms with Crippen molar-refractivity contribution in [3.05, 3.63) is 95.6 Å². The van der Waals surface area contributed by atoms with Crippen LogP contribution in [0, 0.1) is 0 Å². The topological polar surface area (TPSA) is 84.9 Å². The van der Waals surface area contributed by atoms with Crippen molar-refractivity contribution in [3.8, 4) is 5.75 Å². The van der Waals surface area contributed by atoms with Crippen molar-refractivity contribution < 1.29 is 32.6 Å². The molecule has 0 fully saturated rings. The van der Waals surface area contributed by atoms with Gasteiger partial charge in [-0.15, -0.1) is 0 Å². The Labute approximate surface area is 201 Å². The van der Waals surface area contributed by atoms with Crippen molar-refractivity contribution in [3.63, 3.8) is 0 Å². The normalized spacial score (nSPS) is 10.5. The van der Waals surface area contributed by atoms with E-state index in [1.54, 1.807) is 30.3 Å². The summed E-state index contributed by atoms with van der Waals surface area (Å²) in [5, 5.41) is 2.71. The molecule has 0 aliphatic rings. The molecule has 0 aliphatic carbocycles. The Morgan fingerprint density at radius 2 is 1.54 bits per heavy atom. The molecule has 0 saturated carbocycles. The van der Waals surface area contributed by atoms with Gasteiger partial charge < -0.3 is 19.7 Å². The number of carbonyl (C=O) groups is 3. The van der Waals surface area contributed by atoms with Gasteiger partial charge in [0.1, 0.15) is 5.75 Å². The molecule has 182 valence electrons. The van der Waals surface area contributed by atoms with Crippen LogP contribution in [-0.2, 0) is 27.3 Å².